The summed E-state index contributed by atoms with van der Waals surface area (Å²) in [6.45, 7) is 0. The smallest absolute Gasteiger partial charge is 0.309 e. The molecule has 1 heterocycles. The Morgan fingerprint density at radius 2 is 2.10 bits per heavy atom. The lowest BCUT2D eigenvalue weighted by Crippen LogP contribution is -2.33. The summed E-state index contributed by atoms with van der Waals surface area (Å²) in [5, 5.41) is 2.56. The van der Waals surface area contributed by atoms with E-state index >= 15 is 0 Å². The van der Waals surface area contributed by atoms with E-state index in [2.05, 4.69) is 14.8 Å². The van der Waals surface area contributed by atoms with Gasteiger partial charge in [0.05, 0.1) is 26.6 Å². The van der Waals surface area contributed by atoms with Crippen molar-refractivity contribution in [2.75, 3.05) is 26.5 Å². The van der Waals surface area contributed by atoms with E-state index in [0.29, 0.717) is 12.8 Å². The fraction of sp³-hybridized carbons (Fsp3) is 0.750. The van der Waals surface area contributed by atoms with Crippen LogP contribution in [-0.4, -0.2) is 50.4 Å². The summed E-state index contributed by atoms with van der Waals surface area (Å²) >= 11 is 0. The molecule has 1 rings (SSSR count). The van der Waals surface area contributed by atoms with Crippen molar-refractivity contribution >= 4 is 25.2 Å². The van der Waals surface area contributed by atoms with Gasteiger partial charge in [0.25, 0.3) is 0 Å². The molecule has 1 aliphatic heterocycles. The third-order valence-electron chi connectivity index (χ3n) is 3.26. The number of amides is 1. The van der Waals surface area contributed by atoms with E-state index in [0.717, 1.165) is 14.2 Å². The maximum atomic E-state index is 12.1. The number of ether oxygens (including phenoxy) is 2. The van der Waals surface area contributed by atoms with Crippen molar-refractivity contribution in [3.05, 3.63) is 0 Å². The highest BCUT2D eigenvalue weighted by atomic mass is 31.2. The fourth-order valence-electron chi connectivity index (χ4n) is 2.23. The van der Waals surface area contributed by atoms with Gasteiger partial charge < -0.3 is 24.2 Å². The first-order chi connectivity index (χ1) is 9.77. The van der Waals surface area contributed by atoms with Crippen LogP contribution in [0.1, 0.15) is 19.3 Å². The lowest BCUT2D eigenvalue weighted by atomic mass is 10.1. The van der Waals surface area contributed by atoms with Gasteiger partial charge in [-0.2, -0.15) is 0 Å². The van der Waals surface area contributed by atoms with Crippen molar-refractivity contribution in [2.24, 2.45) is 5.92 Å². The van der Waals surface area contributed by atoms with Crippen molar-refractivity contribution in [1.82, 2.24) is 5.32 Å². The molecule has 0 aromatic rings. The average molecular weight is 320 g/mol. The summed E-state index contributed by atoms with van der Waals surface area (Å²) in [6, 6.07) is -0.433. The normalized spacial score (nSPS) is 22.0. The van der Waals surface area contributed by atoms with Crippen LogP contribution in [0.4, 0.5) is 0 Å². The number of hydrogen-bond donors (Lipinski definition) is 1. The van der Waals surface area contributed by atoms with Gasteiger partial charge in [-0.3, -0.25) is 14.4 Å². The Kier molecular flexibility index (Phi) is 6.36. The van der Waals surface area contributed by atoms with Gasteiger partial charge in [0.15, 0.2) is 0 Å². The topological polar surface area (TPSA) is 122 Å². The molecule has 0 bridgehead atoms. The Hall–Kier alpha value is -1.40. The number of nitrogens with one attached hydrogen (secondary N) is 1. The van der Waals surface area contributed by atoms with E-state index in [1.165, 1.54) is 0 Å². The van der Waals surface area contributed by atoms with Crippen LogP contribution in [-0.2, 0) is 28.4 Å². The molecule has 120 valence electrons. The lowest BCUT2D eigenvalue weighted by molar-refractivity contribution is -0.177. The average Bonchev–Trinajstić information content (AvgIpc) is 2.80. The zero-order valence-corrected chi connectivity index (χ0v) is 12.9. The first kappa shape index (κ1) is 17.7. The van der Waals surface area contributed by atoms with Crippen LogP contribution in [0.3, 0.4) is 0 Å². The van der Waals surface area contributed by atoms with Gasteiger partial charge in [-0.1, -0.05) is 0 Å². The predicted octanol–water partition coefficient (Wildman–Crippen LogP) is -0.744. The number of esters is 2. The molecule has 3 atom stereocenters. The second-order valence-electron chi connectivity index (χ2n) is 4.98. The molecule has 9 heteroatoms. The number of carbonyl (C=O) groups is 3. The maximum Gasteiger partial charge on any atom is 0.309 e. The van der Waals surface area contributed by atoms with E-state index in [9.17, 15) is 23.8 Å². The van der Waals surface area contributed by atoms with Crippen LogP contribution in [0, 0.1) is 5.92 Å². The molecule has 21 heavy (non-hydrogen) atoms. The van der Waals surface area contributed by atoms with Crippen LogP contribution in [0.25, 0.3) is 0 Å². The van der Waals surface area contributed by atoms with Crippen molar-refractivity contribution in [3.8, 4) is 0 Å². The van der Waals surface area contributed by atoms with Gasteiger partial charge in [-0.25, -0.2) is 0 Å². The first-order valence-corrected chi connectivity index (χ1v) is 8.50. The van der Waals surface area contributed by atoms with E-state index < -0.39 is 37.4 Å². The molecule has 0 aromatic carbocycles. The predicted molar refractivity (Wildman–Crippen MR) is 70.6 cm³/mol. The van der Waals surface area contributed by atoms with Crippen molar-refractivity contribution in [3.63, 3.8) is 0 Å². The molecule has 1 N–H and O–H groups in total. The van der Waals surface area contributed by atoms with Crippen molar-refractivity contribution in [2.45, 2.75) is 25.3 Å². The highest BCUT2D eigenvalue weighted by molar-refractivity contribution is 7.56. The highest BCUT2D eigenvalue weighted by Gasteiger charge is 2.30. The Morgan fingerprint density at radius 3 is 2.57 bits per heavy atom. The number of carbonyl (C=O) groups excluding carboxylic acids is 3. The van der Waals surface area contributed by atoms with Gasteiger partial charge in [0, 0.05) is 32.2 Å². The molecule has 8 nitrogen and oxygen atoms in total. The Balaban J connectivity index is 2.66. The quantitative estimate of drug-likeness (QED) is 0.484. The minimum Gasteiger partial charge on any atom is -0.799 e. The fourth-order valence-corrected chi connectivity index (χ4v) is 4.28. The van der Waals surface area contributed by atoms with Crippen LogP contribution >= 0.6 is 7.37 Å². The molecule has 0 aromatic heterocycles. The Bertz CT molecular complexity index is 465. The number of hydrogen-bond acceptors (Lipinski definition) is 7. The van der Waals surface area contributed by atoms with Gasteiger partial charge in [-0.15, -0.1) is 0 Å². The summed E-state index contributed by atoms with van der Waals surface area (Å²) in [5.74, 6) is -2.73. The number of rotatable bonds is 7. The number of methoxy groups -OCH3 is 2. The third-order valence-corrected chi connectivity index (χ3v) is 5.25. The second kappa shape index (κ2) is 7.56. The largest absolute Gasteiger partial charge is 0.799 e. The van der Waals surface area contributed by atoms with Crippen LogP contribution < -0.4 is 10.2 Å². The lowest BCUT2D eigenvalue weighted by Gasteiger charge is -2.29. The molecule has 1 saturated heterocycles. The Morgan fingerprint density at radius 1 is 1.43 bits per heavy atom. The zero-order valence-electron chi connectivity index (χ0n) is 12.0. The van der Waals surface area contributed by atoms with Gasteiger partial charge in [0.1, 0.15) is 0 Å². The maximum absolute atomic E-state index is 12.1. The van der Waals surface area contributed by atoms with Gasteiger partial charge in [0.2, 0.25) is 5.91 Å². The molecular weight excluding hydrogens is 301 g/mol. The van der Waals surface area contributed by atoms with Crippen LogP contribution in [0.2, 0.25) is 0 Å². The zero-order chi connectivity index (χ0) is 16.0. The van der Waals surface area contributed by atoms with E-state index in [1.54, 1.807) is 0 Å². The molecule has 1 aliphatic rings. The summed E-state index contributed by atoms with van der Waals surface area (Å²) in [4.78, 5) is 46.0. The minimum absolute atomic E-state index is 0.181. The molecule has 3 unspecified atom stereocenters. The van der Waals surface area contributed by atoms with Crippen LogP contribution in [0.5, 0.6) is 0 Å². The third kappa shape index (κ3) is 5.85. The van der Waals surface area contributed by atoms with Gasteiger partial charge in [-0.05, 0) is 6.42 Å². The molecule has 1 fully saturated rings. The van der Waals surface area contributed by atoms with Crippen molar-refractivity contribution < 1.29 is 33.3 Å². The summed E-state index contributed by atoms with van der Waals surface area (Å²) in [5.41, 5.74) is 0. The summed E-state index contributed by atoms with van der Waals surface area (Å²) < 4.78 is 21.1. The van der Waals surface area contributed by atoms with E-state index in [-0.39, 0.29) is 18.5 Å². The van der Waals surface area contributed by atoms with E-state index in [4.69, 9.17) is 0 Å². The molecule has 1 amide bonds. The standard InChI is InChI=1S/C12H20NO7P/c1-19-11(15)5-8(12(16)20-2)6-21(17,18)7-9-3-4-10(14)13-9/h8-9H,3-7H2,1-2H3,(H,13,14)(H,17,18)/p-1. The van der Waals surface area contributed by atoms with Crippen molar-refractivity contribution in [1.29, 1.82) is 0 Å². The summed E-state index contributed by atoms with van der Waals surface area (Å²) in [6.07, 6.45) is -0.320. The minimum atomic E-state index is -3.93. The SMILES string of the molecule is COC(=O)CC(CP(=O)([O-])CC1CCC(=O)N1)C(=O)OC. The molecule has 0 aliphatic carbocycles. The highest BCUT2D eigenvalue weighted by Crippen LogP contribution is 2.40. The monoisotopic (exact) mass is 320 g/mol. The first-order valence-electron chi connectivity index (χ1n) is 6.50. The van der Waals surface area contributed by atoms with Crippen LogP contribution in [0.15, 0.2) is 0 Å². The second-order valence-corrected chi connectivity index (χ2v) is 7.34. The molecule has 0 spiro atoms. The molecule has 0 saturated carbocycles. The van der Waals surface area contributed by atoms with Gasteiger partial charge >= 0.3 is 11.9 Å². The molecular formula is C12H19NO7P-. The Labute approximate surface area is 122 Å². The summed E-state index contributed by atoms with van der Waals surface area (Å²) in [7, 11) is -1.65. The molecule has 0 radical (unpaired) electrons. The van der Waals surface area contributed by atoms with E-state index in [1.807, 2.05) is 0 Å².